The van der Waals surface area contributed by atoms with Gasteiger partial charge in [-0.2, -0.15) is 0 Å². The Morgan fingerprint density at radius 3 is 2.63 bits per heavy atom. The van der Waals surface area contributed by atoms with Gasteiger partial charge in [0.05, 0.1) is 6.61 Å². The second-order valence-electron chi connectivity index (χ2n) is 9.95. The number of hydrogen-bond acceptors (Lipinski definition) is 5. The average molecular weight is 421 g/mol. The lowest BCUT2D eigenvalue weighted by Gasteiger charge is -2.59. The molecule has 5 heteroatoms. The van der Waals surface area contributed by atoms with Crippen LogP contribution in [0.25, 0.3) is 0 Å². The number of aliphatic hydroxyl groups excluding tert-OH is 1. The Kier molecular flexibility index (Phi) is 8.32. The van der Waals surface area contributed by atoms with E-state index in [1.54, 1.807) is 0 Å². The third-order valence-electron chi connectivity index (χ3n) is 7.95. The van der Waals surface area contributed by atoms with Crippen LogP contribution in [0, 0.1) is 22.7 Å². The minimum Gasteiger partial charge on any atom is -0.462 e. The molecule has 2 aliphatic rings. The van der Waals surface area contributed by atoms with Crippen molar-refractivity contribution in [3.8, 4) is 0 Å². The van der Waals surface area contributed by atoms with Crippen LogP contribution in [-0.4, -0.2) is 36.4 Å². The standard InChI is InChI=1S/C25H40O5/c1-17(14-23(28)30-21(15-26)16-29-20(4)27)10-12-24(5)19(3)11-13-25(6)18(2)8-7-9-22(24)25/h14,19,21-22,26H,2,7-13,15-16H2,1,3-6H3/b17-14+/t19-,21-,22-,24+,25+/m0/s1. The lowest BCUT2D eigenvalue weighted by Crippen LogP contribution is -2.50. The summed E-state index contributed by atoms with van der Waals surface area (Å²) in [6.45, 7) is 14.4. The molecule has 0 radical (unpaired) electrons. The number of hydrogen-bond donors (Lipinski definition) is 1. The molecule has 1 N–H and O–H groups in total. The molecule has 170 valence electrons. The van der Waals surface area contributed by atoms with Crippen LogP contribution in [-0.2, 0) is 19.1 Å². The highest BCUT2D eigenvalue weighted by Crippen LogP contribution is 2.62. The van der Waals surface area contributed by atoms with Gasteiger partial charge >= 0.3 is 11.9 Å². The van der Waals surface area contributed by atoms with Crippen LogP contribution in [0.1, 0.15) is 79.6 Å². The van der Waals surface area contributed by atoms with Crippen molar-refractivity contribution in [2.45, 2.75) is 85.7 Å². The van der Waals surface area contributed by atoms with Crippen molar-refractivity contribution in [3.63, 3.8) is 0 Å². The Hall–Kier alpha value is -1.62. The van der Waals surface area contributed by atoms with Crippen molar-refractivity contribution in [1.82, 2.24) is 0 Å². The molecular formula is C25H40O5. The quantitative estimate of drug-likeness (QED) is 0.341. The molecule has 0 aromatic rings. The van der Waals surface area contributed by atoms with Gasteiger partial charge in [0.2, 0.25) is 0 Å². The Bertz CT molecular complexity index is 681. The summed E-state index contributed by atoms with van der Waals surface area (Å²) in [4.78, 5) is 23.1. The minimum absolute atomic E-state index is 0.135. The molecule has 5 nitrogen and oxygen atoms in total. The van der Waals surface area contributed by atoms with Gasteiger partial charge in [-0.25, -0.2) is 4.79 Å². The lowest BCUT2D eigenvalue weighted by molar-refractivity contribution is -0.156. The van der Waals surface area contributed by atoms with E-state index < -0.39 is 18.0 Å². The van der Waals surface area contributed by atoms with Crippen LogP contribution in [0.5, 0.6) is 0 Å². The van der Waals surface area contributed by atoms with Crippen LogP contribution in [0.3, 0.4) is 0 Å². The molecule has 2 rings (SSSR count). The number of allylic oxidation sites excluding steroid dienone is 2. The van der Waals surface area contributed by atoms with Crippen molar-refractivity contribution in [2.24, 2.45) is 22.7 Å². The van der Waals surface area contributed by atoms with E-state index in [4.69, 9.17) is 9.47 Å². The summed E-state index contributed by atoms with van der Waals surface area (Å²) in [7, 11) is 0. The molecule has 0 heterocycles. The van der Waals surface area contributed by atoms with Gasteiger partial charge in [-0.3, -0.25) is 4.79 Å². The highest BCUT2D eigenvalue weighted by Gasteiger charge is 2.53. The lowest BCUT2D eigenvalue weighted by atomic mass is 9.46. The monoisotopic (exact) mass is 420 g/mol. The van der Waals surface area contributed by atoms with E-state index in [1.807, 2.05) is 6.92 Å². The van der Waals surface area contributed by atoms with Gasteiger partial charge in [-0.1, -0.05) is 38.5 Å². The molecular weight excluding hydrogens is 380 g/mol. The third-order valence-corrected chi connectivity index (χ3v) is 7.95. The van der Waals surface area contributed by atoms with E-state index >= 15 is 0 Å². The number of esters is 2. The first-order valence-corrected chi connectivity index (χ1v) is 11.3. The van der Waals surface area contributed by atoms with Crippen molar-refractivity contribution in [1.29, 1.82) is 0 Å². The molecule has 2 fully saturated rings. The van der Waals surface area contributed by atoms with Gasteiger partial charge in [-0.05, 0) is 74.5 Å². The summed E-state index contributed by atoms with van der Waals surface area (Å²) >= 11 is 0. The predicted molar refractivity (Wildman–Crippen MR) is 118 cm³/mol. The molecule has 2 saturated carbocycles. The second-order valence-corrected chi connectivity index (χ2v) is 9.95. The van der Waals surface area contributed by atoms with E-state index in [0.717, 1.165) is 24.8 Å². The molecule has 0 aromatic carbocycles. The Morgan fingerprint density at radius 2 is 2.00 bits per heavy atom. The molecule has 0 bridgehead atoms. The zero-order chi connectivity index (χ0) is 22.5. The second kappa shape index (κ2) is 10.1. The van der Waals surface area contributed by atoms with Crippen molar-refractivity contribution in [2.75, 3.05) is 13.2 Å². The molecule has 5 atom stereocenters. The maximum Gasteiger partial charge on any atom is 0.331 e. The van der Waals surface area contributed by atoms with Crippen LogP contribution in [0.2, 0.25) is 0 Å². The highest BCUT2D eigenvalue weighted by molar-refractivity contribution is 5.82. The van der Waals surface area contributed by atoms with E-state index in [2.05, 4.69) is 27.4 Å². The average Bonchev–Trinajstić information content (AvgIpc) is 2.68. The Morgan fingerprint density at radius 1 is 1.30 bits per heavy atom. The Balaban J connectivity index is 2.00. The van der Waals surface area contributed by atoms with Gasteiger partial charge in [0.15, 0.2) is 6.10 Å². The van der Waals surface area contributed by atoms with Crippen molar-refractivity contribution < 1.29 is 24.2 Å². The van der Waals surface area contributed by atoms with E-state index in [-0.39, 0.29) is 24.0 Å². The molecule has 2 aliphatic carbocycles. The maximum absolute atomic E-state index is 12.2. The predicted octanol–water partition coefficient (Wildman–Crippen LogP) is 4.98. The fourth-order valence-electron chi connectivity index (χ4n) is 5.66. The normalized spacial score (nSPS) is 32.9. The van der Waals surface area contributed by atoms with Gasteiger partial charge in [0.25, 0.3) is 0 Å². The molecule has 0 aliphatic heterocycles. The summed E-state index contributed by atoms with van der Waals surface area (Å²) in [5.74, 6) is 0.306. The largest absolute Gasteiger partial charge is 0.462 e. The van der Waals surface area contributed by atoms with Crippen molar-refractivity contribution in [3.05, 3.63) is 23.8 Å². The summed E-state index contributed by atoms with van der Waals surface area (Å²) in [6.07, 6.45) is 8.64. The fraction of sp³-hybridized carbons (Fsp3) is 0.760. The highest BCUT2D eigenvalue weighted by atomic mass is 16.6. The number of rotatable bonds is 8. The van der Waals surface area contributed by atoms with Gasteiger partial charge in [0.1, 0.15) is 6.61 Å². The number of ether oxygens (including phenoxy) is 2. The number of aliphatic hydroxyl groups is 1. The zero-order valence-electron chi connectivity index (χ0n) is 19.5. The van der Waals surface area contributed by atoms with Gasteiger partial charge < -0.3 is 14.6 Å². The van der Waals surface area contributed by atoms with Gasteiger partial charge in [0, 0.05) is 13.0 Å². The molecule has 0 spiro atoms. The van der Waals surface area contributed by atoms with Crippen LogP contribution < -0.4 is 0 Å². The molecule has 30 heavy (non-hydrogen) atoms. The number of fused-ring (bicyclic) bond motifs is 1. The zero-order valence-corrected chi connectivity index (χ0v) is 19.5. The molecule has 0 saturated heterocycles. The van der Waals surface area contributed by atoms with Crippen LogP contribution in [0.4, 0.5) is 0 Å². The smallest absolute Gasteiger partial charge is 0.331 e. The number of carbonyl (C=O) groups is 2. The first-order valence-electron chi connectivity index (χ1n) is 11.3. The fourth-order valence-corrected chi connectivity index (χ4v) is 5.66. The van der Waals surface area contributed by atoms with Crippen LogP contribution in [0.15, 0.2) is 23.8 Å². The van der Waals surface area contributed by atoms with E-state index in [9.17, 15) is 14.7 Å². The van der Waals surface area contributed by atoms with Crippen LogP contribution >= 0.6 is 0 Å². The van der Waals surface area contributed by atoms with E-state index in [1.165, 1.54) is 44.3 Å². The molecule has 0 aromatic heterocycles. The van der Waals surface area contributed by atoms with Crippen molar-refractivity contribution >= 4 is 11.9 Å². The first kappa shape index (κ1) is 24.6. The third kappa shape index (κ3) is 5.54. The summed E-state index contributed by atoms with van der Waals surface area (Å²) < 4.78 is 10.0. The van der Waals surface area contributed by atoms with Gasteiger partial charge in [-0.15, -0.1) is 0 Å². The summed E-state index contributed by atoms with van der Waals surface area (Å²) in [5.41, 5.74) is 2.86. The SMILES string of the molecule is C=C1CCC[C@H]2[C@](C)(CC/C(C)=C/C(=O)O[C@@H](CO)COC(C)=O)[C@@H](C)CC[C@]12C. The minimum atomic E-state index is -0.838. The first-order chi connectivity index (χ1) is 14.0. The topological polar surface area (TPSA) is 72.8 Å². The number of carbonyl (C=O) groups excluding carboxylic acids is 2. The molecule has 0 amide bonds. The summed E-state index contributed by atoms with van der Waals surface area (Å²) in [6, 6.07) is 0. The summed E-state index contributed by atoms with van der Waals surface area (Å²) in [5, 5.41) is 9.32. The van der Waals surface area contributed by atoms with E-state index in [0.29, 0.717) is 11.8 Å². The molecule has 0 unspecified atom stereocenters. The Labute approximate surface area is 181 Å². The maximum atomic E-state index is 12.2.